The molecule has 0 aromatic rings. The molecule has 0 spiro atoms. The second-order valence-corrected chi connectivity index (χ2v) is 1.23. The van der Waals surface area contributed by atoms with Gasteiger partial charge in [-0.15, -0.1) is 0 Å². The molecule has 1 nitrogen and oxygen atoms in total. The first-order valence-corrected chi connectivity index (χ1v) is 2.00. The van der Waals surface area contributed by atoms with Crippen molar-refractivity contribution in [1.29, 1.82) is 0 Å². The predicted molar refractivity (Wildman–Crippen MR) is 28.1 cm³/mol. The SMILES string of the molecule is [2H]C1CC(=O)C([2H])([2H])C([2H])([2H])C1([2H])[2H]. The maximum absolute atomic E-state index is 11.1. The number of Topliss-reactive ketones (excluding diaryl/α,β-unsaturated/α-hetero) is 1. The summed E-state index contributed by atoms with van der Waals surface area (Å²) in [7, 11) is 0. The van der Waals surface area contributed by atoms with Crippen LogP contribution in [0.15, 0.2) is 0 Å². The van der Waals surface area contributed by atoms with Crippen LogP contribution >= 0.6 is 0 Å². The van der Waals surface area contributed by atoms with Gasteiger partial charge in [0, 0.05) is 22.4 Å². The summed E-state index contributed by atoms with van der Waals surface area (Å²) >= 11 is 0. The lowest BCUT2D eigenvalue weighted by molar-refractivity contribution is -0.120. The number of ketones is 1. The monoisotopic (exact) mass is 105 g/mol. The molecule has 1 aliphatic rings. The second-order valence-electron chi connectivity index (χ2n) is 1.23. The maximum Gasteiger partial charge on any atom is 0.132 e. The summed E-state index contributed by atoms with van der Waals surface area (Å²) in [6.07, 6.45) is -10.6. The summed E-state index contributed by atoms with van der Waals surface area (Å²) in [6, 6.07) is 0. The van der Waals surface area contributed by atoms with E-state index in [0.717, 1.165) is 0 Å². The Hall–Kier alpha value is -0.330. The van der Waals surface area contributed by atoms with Gasteiger partial charge in [0.2, 0.25) is 0 Å². The molecule has 0 radical (unpaired) electrons. The Labute approximate surface area is 53.6 Å². The van der Waals surface area contributed by atoms with Gasteiger partial charge in [0.05, 0.1) is 0 Å². The molecule has 1 saturated carbocycles. The minimum atomic E-state index is -2.96. The summed E-state index contributed by atoms with van der Waals surface area (Å²) < 4.78 is 50.8. The molecule has 40 valence electrons. The van der Waals surface area contributed by atoms with E-state index in [-0.39, 0.29) is 0 Å². The molecule has 1 heteroatoms. The van der Waals surface area contributed by atoms with Crippen LogP contribution in [0.25, 0.3) is 0 Å². The van der Waals surface area contributed by atoms with Crippen molar-refractivity contribution in [3.63, 3.8) is 0 Å². The Morgan fingerprint density at radius 3 is 3.29 bits per heavy atom. The zero-order valence-electron chi connectivity index (χ0n) is 10.7. The number of carbonyl (C=O) groups excluding carboxylic acids is 1. The summed E-state index contributed by atoms with van der Waals surface area (Å²) in [5.74, 6) is -1.04. The van der Waals surface area contributed by atoms with Gasteiger partial charge in [0.25, 0.3) is 0 Å². The molecule has 0 aromatic heterocycles. The Morgan fingerprint density at radius 1 is 1.57 bits per heavy atom. The Bertz CT molecular complexity index is 271. The van der Waals surface area contributed by atoms with Crippen LogP contribution in [0.3, 0.4) is 0 Å². The van der Waals surface area contributed by atoms with Crippen molar-refractivity contribution >= 4 is 5.78 Å². The summed E-state index contributed by atoms with van der Waals surface area (Å²) in [5.41, 5.74) is 0. The van der Waals surface area contributed by atoms with Crippen LogP contribution in [0.1, 0.15) is 41.5 Å². The Balaban J connectivity index is 3.24. The fourth-order valence-electron chi connectivity index (χ4n) is 0.352. The van der Waals surface area contributed by atoms with Gasteiger partial charge < -0.3 is 0 Å². The highest BCUT2D eigenvalue weighted by molar-refractivity contribution is 5.78. The third kappa shape index (κ3) is 1.30. The molecule has 0 aromatic carbocycles. The quantitative estimate of drug-likeness (QED) is 0.456. The van der Waals surface area contributed by atoms with E-state index in [1.54, 1.807) is 0 Å². The van der Waals surface area contributed by atoms with Crippen LogP contribution in [0.2, 0.25) is 0 Å². The fraction of sp³-hybridized carbons (Fsp3) is 0.833. The smallest absolute Gasteiger partial charge is 0.132 e. The van der Waals surface area contributed by atoms with E-state index in [4.69, 9.17) is 9.60 Å². The van der Waals surface area contributed by atoms with Crippen molar-refractivity contribution in [3.8, 4) is 0 Å². The molecule has 0 aliphatic heterocycles. The minimum absolute atomic E-state index is 0.584. The Kier molecular flexibility index (Phi) is 0.345. The minimum Gasteiger partial charge on any atom is -0.300 e. The topological polar surface area (TPSA) is 17.1 Å². The summed E-state index contributed by atoms with van der Waals surface area (Å²) in [4.78, 5) is 11.1. The normalized spacial score (nSPS) is 69.4. The van der Waals surface area contributed by atoms with Gasteiger partial charge in [-0.2, -0.15) is 0 Å². The van der Waals surface area contributed by atoms with Crippen molar-refractivity contribution in [1.82, 2.24) is 0 Å². The zero-order chi connectivity index (χ0) is 11.4. The van der Waals surface area contributed by atoms with Crippen molar-refractivity contribution in [2.24, 2.45) is 0 Å². The van der Waals surface area contributed by atoms with Gasteiger partial charge in [0.15, 0.2) is 0 Å². The second kappa shape index (κ2) is 2.10. The first-order chi connectivity index (χ1) is 6.05. The van der Waals surface area contributed by atoms with Gasteiger partial charge >= 0.3 is 0 Å². The first kappa shape index (κ1) is 1.15. The first-order valence-electron chi connectivity index (χ1n) is 5.58. The lowest BCUT2D eigenvalue weighted by Crippen LogP contribution is -2.02. The number of hydrogen-bond donors (Lipinski definition) is 0. The van der Waals surface area contributed by atoms with Crippen LogP contribution in [0.4, 0.5) is 0 Å². The molecule has 0 saturated heterocycles. The lowest BCUT2D eigenvalue weighted by Gasteiger charge is -2.05. The fourth-order valence-corrected chi connectivity index (χ4v) is 0.352. The molecule has 1 unspecified atom stereocenters. The molecule has 0 amide bonds. The molecular formula is C6H10O. The van der Waals surface area contributed by atoms with E-state index >= 15 is 0 Å². The third-order valence-corrected chi connectivity index (χ3v) is 0.664. The van der Waals surface area contributed by atoms with Crippen LogP contribution in [0, 0.1) is 0 Å². The summed E-state index contributed by atoms with van der Waals surface area (Å²) in [6.45, 7) is 0. The molecule has 1 atom stereocenters. The number of carbonyl (C=O) groups is 1. The predicted octanol–water partition coefficient (Wildman–Crippen LogP) is 1.52. The highest BCUT2D eigenvalue weighted by Crippen LogP contribution is 2.12. The number of rotatable bonds is 0. The lowest BCUT2D eigenvalue weighted by atomic mass is 10.00. The van der Waals surface area contributed by atoms with Crippen LogP contribution in [-0.2, 0) is 4.79 Å². The molecule has 1 rings (SSSR count). The van der Waals surface area contributed by atoms with E-state index in [9.17, 15) is 4.79 Å². The van der Waals surface area contributed by atoms with Gasteiger partial charge in [-0.1, -0.05) is 6.37 Å². The van der Waals surface area contributed by atoms with Gasteiger partial charge in [-0.25, -0.2) is 0 Å². The van der Waals surface area contributed by atoms with E-state index in [1.165, 1.54) is 0 Å². The maximum atomic E-state index is 11.1. The van der Waals surface area contributed by atoms with Gasteiger partial charge in [-0.05, 0) is 12.8 Å². The zero-order valence-corrected chi connectivity index (χ0v) is 3.69. The van der Waals surface area contributed by atoms with Crippen molar-refractivity contribution in [3.05, 3.63) is 0 Å². The van der Waals surface area contributed by atoms with Crippen LogP contribution in [0.5, 0.6) is 0 Å². The average Bonchev–Trinajstić information content (AvgIpc) is 2.01. The average molecular weight is 105 g/mol. The Morgan fingerprint density at radius 2 is 2.43 bits per heavy atom. The van der Waals surface area contributed by atoms with E-state index in [2.05, 4.69) is 0 Å². The molecule has 0 heterocycles. The number of hydrogen-bond acceptors (Lipinski definition) is 1. The molecule has 0 N–H and O–H groups in total. The van der Waals surface area contributed by atoms with Crippen molar-refractivity contribution < 1.29 is 14.4 Å². The highest BCUT2D eigenvalue weighted by atomic mass is 16.1. The largest absolute Gasteiger partial charge is 0.300 e. The third-order valence-electron chi connectivity index (χ3n) is 0.664. The van der Waals surface area contributed by atoms with E-state index in [1.807, 2.05) is 0 Å². The summed E-state index contributed by atoms with van der Waals surface area (Å²) in [5, 5.41) is 0. The van der Waals surface area contributed by atoms with Crippen molar-refractivity contribution in [2.45, 2.75) is 31.9 Å². The van der Waals surface area contributed by atoms with Gasteiger partial charge in [0.1, 0.15) is 5.78 Å². The van der Waals surface area contributed by atoms with Crippen LogP contribution in [-0.4, -0.2) is 5.78 Å². The van der Waals surface area contributed by atoms with Gasteiger partial charge in [-0.3, -0.25) is 4.79 Å². The standard InChI is InChI=1S/C6H10O/c7-6-4-2-1-3-5-6/h1-5H2/i1D2,2D,3D2,5D2. The van der Waals surface area contributed by atoms with Crippen molar-refractivity contribution in [2.75, 3.05) is 0 Å². The van der Waals surface area contributed by atoms with Crippen LogP contribution < -0.4 is 0 Å². The molecule has 7 heavy (non-hydrogen) atoms. The molecule has 1 fully saturated rings. The molecule has 0 bridgehead atoms. The molecule has 1 aliphatic carbocycles. The molecular weight excluding hydrogens is 88.1 g/mol. The van der Waals surface area contributed by atoms with E-state index in [0.29, 0.717) is 0 Å². The highest BCUT2D eigenvalue weighted by Gasteiger charge is 2.05. The van der Waals surface area contributed by atoms with E-state index < -0.39 is 37.7 Å².